The Balaban J connectivity index is 1.36. The molecule has 3 N–H and O–H groups in total. The quantitative estimate of drug-likeness (QED) is 0.308. The van der Waals surface area contributed by atoms with Crippen LogP contribution in [0.5, 0.6) is 0 Å². The third kappa shape index (κ3) is 5.47. The number of nitrogens with zero attached hydrogens (tertiary/aromatic N) is 2. The van der Waals surface area contributed by atoms with E-state index in [2.05, 4.69) is 31.2 Å². The molecule has 9 heteroatoms. The standard InChI is InChI=1S/C27H27F2N5OS/c1-36(35,17-18-6-3-2-4-7-18)34-24-12-10-22(25(28)26(24)29)19-9-11-23-20(14-19)15-31-27(33-23)32-21-8-5-13-30-16-21/h2-4,6-7,9-12,14-15,21,30H,1,5,8,13,16-17H2,(H,34,35)(H,31,32,33)/t21-,36?/m0/s1. The predicted molar refractivity (Wildman–Crippen MR) is 143 cm³/mol. The number of benzene rings is 3. The number of aromatic nitrogens is 2. The fourth-order valence-corrected chi connectivity index (χ4v) is 5.72. The molecule has 1 aromatic heterocycles. The summed E-state index contributed by atoms with van der Waals surface area (Å²) in [4.78, 5) is 8.96. The van der Waals surface area contributed by atoms with E-state index in [1.165, 1.54) is 12.1 Å². The Kier molecular flexibility index (Phi) is 6.84. The van der Waals surface area contributed by atoms with Gasteiger partial charge in [-0.1, -0.05) is 36.4 Å². The highest BCUT2D eigenvalue weighted by molar-refractivity contribution is 8.00. The van der Waals surface area contributed by atoms with Gasteiger partial charge in [0, 0.05) is 39.4 Å². The summed E-state index contributed by atoms with van der Waals surface area (Å²) >= 11 is 0. The molecule has 0 amide bonds. The van der Waals surface area contributed by atoms with E-state index < -0.39 is 21.3 Å². The molecule has 36 heavy (non-hydrogen) atoms. The fraction of sp³-hybridized carbons (Fsp3) is 0.222. The van der Waals surface area contributed by atoms with Gasteiger partial charge in [-0.3, -0.25) is 0 Å². The minimum atomic E-state index is -2.93. The van der Waals surface area contributed by atoms with Gasteiger partial charge in [0.15, 0.2) is 11.6 Å². The lowest BCUT2D eigenvalue weighted by Gasteiger charge is -2.23. The molecule has 1 unspecified atom stereocenters. The maximum Gasteiger partial charge on any atom is 0.223 e. The van der Waals surface area contributed by atoms with Crippen LogP contribution in [-0.2, 0) is 15.5 Å². The molecule has 1 aliphatic rings. The number of hydrogen-bond acceptors (Lipinski definition) is 5. The third-order valence-electron chi connectivity index (χ3n) is 6.14. The van der Waals surface area contributed by atoms with Gasteiger partial charge in [-0.15, -0.1) is 0 Å². The molecule has 0 aliphatic carbocycles. The van der Waals surface area contributed by atoms with Gasteiger partial charge in [-0.05, 0) is 60.6 Å². The largest absolute Gasteiger partial charge is 0.350 e. The third-order valence-corrected chi connectivity index (χ3v) is 7.53. The Labute approximate surface area is 209 Å². The van der Waals surface area contributed by atoms with Gasteiger partial charge in [0.1, 0.15) is 0 Å². The molecule has 6 nitrogen and oxygen atoms in total. The molecule has 5 rings (SSSR count). The lowest BCUT2D eigenvalue weighted by Crippen LogP contribution is -2.38. The molecule has 0 saturated carbocycles. The lowest BCUT2D eigenvalue weighted by atomic mass is 10.0. The number of halogens is 2. The molecule has 0 spiro atoms. The zero-order valence-corrected chi connectivity index (χ0v) is 20.5. The Morgan fingerprint density at radius 3 is 2.69 bits per heavy atom. The van der Waals surface area contributed by atoms with Crippen LogP contribution in [0.15, 0.2) is 66.9 Å². The van der Waals surface area contributed by atoms with Crippen molar-refractivity contribution in [1.29, 1.82) is 0 Å². The van der Waals surface area contributed by atoms with Crippen molar-refractivity contribution in [2.24, 2.45) is 0 Å². The molecule has 2 atom stereocenters. The lowest BCUT2D eigenvalue weighted by molar-refractivity contribution is 0.478. The zero-order valence-electron chi connectivity index (χ0n) is 19.6. The Morgan fingerprint density at radius 1 is 1.08 bits per heavy atom. The second-order valence-electron chi connectivity index (χ2n) is 8.99. The van der Waals surface area contributed by atoms with Crippen molar-refractivity contribution in [3.05, 3.63) is 84.1 Å². The first-order chi connectivity index (χ1) is 17.4. The summed E-state index contributed by atoms with van der Waals surface area (Å²) in [7, 11) is -2.93. The summed E-state index contributed by atoms with van der Waals surface area (Å²) in [6.45, 7) is 1.89. The molecule has 2 heterocycles. The summed E-state index contributed by atoms with van der Waals surface area (Å²) in [5, 5.41) is 7.41. The van der Waals surface area contributed by atoms with Gasteiger partial charge in [0.05, 0.1) is 17.0 Å². The molecule has 1 aliphatic heterocycles. The van der Waals surface area contributed by atoms with Crippen LogP contribution in [0.3, 0.4) is 0 Å². The van der Waals surface area contributed by atoms with Crippen LogP contribution in [0, 0.1) is 11.6 Å². The molecule has 1 fully saturated rings. The first kappa shape index (κ1) is 24.1. The molecular formula is C27H27F2N5OS. The number of nitrogens with one attached hydrogen (secondary N) is 3. The predicted octanol–water partition coefficient (Wildman–Crippen LogP) is 4.98. The Bertz CT molecular complexity index is 1490. The van der Waals surface area contributed by atoms with Crippen LogP contribution in [0.2, 0.25) is 0 Å². The monoisotopic (exact) mass is 507 g/mol. The fourth-order valence-electron chi connectivity index (χ4n) is 4.36. The van der Waals surface area contributed by atoms with E-state index in [-0.39, 0.29) is 23.0 Å². The van der Waals surface area contributed by atoms with Crippen molar-refractivity contribution in [3.63, 3.8) is 0 Å². The summed E-state index contributed by atoms with van der Waals surface area (Å²) in [5.74, 6) is 2.20. The van der Waals surface area contributed by atoms with E-state index >= 15 is 4.39 Å². The molecule has 1 saturated heterocycles. The molecule has 0 bridgehead atoms. The average molecular weight is 508 g/mol. The summed E-state index contributed by atoms with van der Waals surface area (Å²) in [5.41, 5.74) is 1.88. The summed E-state index contributed by atoms with van der Waals surface area (Å²) < 4.78 is 45.6. The van der Waals surface area contributed by atoms with E-state index in [1.807, 2.05) is 30.3 Å². The minimum Gasteiger partial charge on any atom is -0.350 e. The summed E-state index contributed by atoms with van der Waals surface area (Å²) in [6.07, 6.45) is 3.83. The van der Waals surface area contributed by atoms with Crippen molar-refractivity contribution >= 4 is 38.1 Å². The minimum absolute atomic E-state index is 0.0917. The zero-order chi connectivity index (χ0) is 25.1. The molecule has 0 radical (unpaired) electrons. The van der Waals surface area contributed by atoms with Crippen molar-refractivity contribution in [2.45, 2.75) is 24.6 Å². The van der Waals surface area contributed by atoms with E-state index in [4.69, 9.17) is 0 Å². The van der Waals surface area contributed by atoms with Crippen molar-refractivity contribution in [1.82, 2.24) is 15.3 Å². The molecular weight excluding hydrogens is 480 g/mol. The summed E-state index contributed by atoms with van der Waals surface area (Å²) in [6, 6.07) is 17.4. The number of rotatable bonds is 7. The van der Waals surface area contributed by atoms with Gasteiger partial charge in [-0.2, -0.15) is 0 Å². The van der Waals surface area contributed by atoms with Crippen LogP contribution in [-0.4, -0.2) is 39.2 Å². The number of anilines is 2. The smallest absolute Gasteiger partial charge is 0.223 e. The van der Waals surface area contributed by atoms with Crippen molar-refractivity contribution < 1.29 is 13.0 Å². The number of piperidine rings is 1. The van der Waals surface area contributed by atoms with Crippen LogP contribution < -0.4 is 15.4 Å². The first-order valence-electron chi connectivity index (χ1n) is 11.8. The number of fused-ring (bicyclic) bond motifs is 1. The SMILES string of the molecule is C=S(=O)(Cc1ccccc1)Nc1ccc(-c2ccc3nc(N[C@H]4CCCNC4)ncc3c2)c(F)c1F. The van der Waals surface area contributed by atoms with E-state index in [9.17, 15) is 8.60 Å². The Hall–Kier alpha value is -3.56. The van der Waals surface area contributed by atoms with Crippen molar-refractivity contribution in [2.75, 3.05) is 23.1 Å². The second-order valence-corrected chi connectivity index (χ2v) is 11.1. The first-order valence-corrected chi connectivity index (χ1v) is 13.7. The highest BCUT2D eigenvalue weighted by Crippen LogP contribution is 2.31. The topological polar surface area (TPSA) is 78.9 Å². The normalized spacial score (nSPS) is 17.4. The van der Waals surface area contributed by atoms with Crippen LogP contribution in [0.1, 0.15) is 18.4 Å². The van der Waals surface area contributed by atoms with Gasteiger partial charge in [0.25, 0.3) is 0 Å². The van der Waals surface area contributed by atoms with E-state index in [0.29, 0.717) is 22.4 Å². The average Bonchev–Trinajstić information content (AvgIpc) is 2.87. The van der Waals surface area contributed by atoms with Crippen molar-refractivity contribution in [3.8, 4) is 11.1 Å². The van der Waals surface area contributed by atoms with E-state index in [1.54, 1.807) is 24.4 Å². The molecule has 4 aromatic rings. The maximum atomic E-state index is 15.1. The second kappa shape index (κ2) is 10.2. The van der Waals surface area contributed by atoms with Gasteiger partial charge in [0.2, 0.25) is 5.95 Å². The van der Waals surface area contributed by atoms with Gasteiger partial charge in [-0.25, -0.2) is 23.0 Å². The highest BCUT2D eigenvalue weighted by atomic mass is 32.2. The van der Waals surface area contributed by atoms with Gasteiger partial charge >= 0.3 is 0 Å². The molecule has 186 valence electrons. The van der Waals surface area contributed by atoms with Crippen LogP contribution in [0.4, 0.5) is 20.4 Å². The maximum absolute atomic E-state index is 15.1. The Morgan fingerprint density at radius 2 is 1.92 bits per heavy atom. The molecule has 3 aromatic carbocycles. The van der Waals surface area contributed by atoms with Crippen LogP contribution in [0.25, 0.3) is 22.0 Å². The number of hydrogen-bond donors (Lipinski definition) is 3. The van der Waals surface area contributed by atoms with E-state index in [0.717, 1.165) is 31.5 Å². The van der Waals surface area contributed by atoms with Crippen LogP contribution >= 0.6 is 0 Å². The van der Waals surface area contributed by atoms with Gasteiger partial charge < -0.3 is 15.4 Å². The highest BCUT2D eigenvalue weighted by Gasteiger charge is 2.18.